The third-order valence-electron chi connectivity index (χ3n) is 4.92. The van der Waals surface area contributed by atoms with E-state index in [1.807, 2.05) is 19.1 Å². The van der Waals surface area contributed by atoms with Crippen LogP contribution in [0.4, 0.5) is 17.5 Å². The SMILES string of the molecule is CCn1ccc2cc(Nc3cnccn3)nc(N[C@@H]3CCC[C@H]3O)c2c1=O. The van der Waals surface area contributed by atoms with Crippen molar-refractivity contribution in [2.75, 3.05) is 10.6 Å². The summed E-state index contributed by atoms with van der Waals surface area (Å²) < 4.78 is 1.65. The standard InChI is InChI=1S/C19H22N6O2/c1-2-25-9-6-12-10-15(23-16-11-20-7-8-21-16)24-18(17(12)19(25)27)22-13-4-3-5-14(13)26/h6-11,13-14,26H,2-5H2,1H3,(H2,21,22,23,24)/t13-,14-/m1/s1. The number of hydrogen-bond acceptors (Lipinski definition) is 7. The highest BCUT2D eigenvalue weighted by molar-refractivity contribution is 5.93. The Balaban J connectivity index is 1.81. The number of nitrogens with zero attached hydrogens (tertiary/aromatic N) is 4. The number of aryl methyl sites for hydroxylation is 1. The summed E-state index contributed by atoms with van der Waals surface area (Å²) in [4.78, 5) is 25.7. The smallest absolute Gasteiger partial charge is 0.262 e. The number of fused-ring (bicyclic) bond motifs is 1. The number of rotatable bonds is 5. The zero-order chi connectivity index (χ0) is 18.8. The molecule has 3 aromatic heterocycles. The van der Waals surface area contributed by atoms with E-state index in [0.717, 1.165) is 24.6 Å². The van der Waals surface area contributed by atoms with E-state index in [2.05, 4.69) is 25.6 Å². The summed E-state index contributed by atoms with van der Waals surface area (Å²) in [7, 11) is 0. The Bertz CT molecular complexity index is 1000. The van der Waals surface area contributed by atoms with Crippen molar-refractivity contribution in [1.82, 2.24) is 19.5 Å². The van der Waals surface area contributed by atoms with E-state index in [1.54, 1.807) is 29.4 Å². The summed E-state index contributed by atoms with van der Waals surface area (Å²) in [5.74, 6) is 1.61. The number of nitrogens with one attached hydrogen (secondary N) is 2. The third-order valence-corrected chi connectivity index (χ3v) is 4.92. The topological polar surface area (TPSA) is 105 Å². The maximum atomic E-state index is 12.9. The zero-order valence-corrected chi connectivity index (χ0v) is 15.1. The van der Waals surface area contributed by atoms with Crippen LogP contribution in [0, 0.1) is 0 Å². The van der Waals surface area contributed by atoms with E-state index < -0.39 is 6.10 Å². The van der Waals surface area contributed by atoms with Gasteiger partial charge in [-0.3, -0.25) is 9.78 Å². The molecule has 140 valence electrons. The van der Waals surface area contributed by atoms with Gasteiger partial charge in [0.2, 0.25) is 0 Å². The quantitative estimate of drug-likeness (QED) is 0.636. The summed E-state index contributed by atoms with van der Waals surface area (Å²) in [6, 6.07) is 3.61. The lowest BCUT2D eigenvalue weighted by Gasteiger charge is -2.19. The highest BCUT2D eigenvalue weighted by atomic mass is 16.3. The molecule has 3 N–H and O–H groups in total. The molecule has 3 aromatic rings. The van der Waals surface area contributed by atoms with Gasteiger partial charge < -0.3 is 20.3 Å². The molecule has 1 fully saturated rings. The van der Waals surface area contributed by atoms with Gasteiger partial charge in [-0.2, -0.15) is 0 Å². The number of aliphatic hydroxyl groups excluding tert-OH is 1. The van der Waals surface area contributed by atoms with E-state index >= 15 is 0 Å². The van der Waals surface area contributed by atoms with Gasteiger partial charge in [0.1, 0.15) is 17.5 Å². The van der Waals surface area contributed by atoms with E-state index in [0.29, 0.717) is 29.4 Å². The van der Waals surface area contributed by atoms with Gasteiger partial charge in [0.05, 0.1) is 23.7 Å². The molecule has 27 heavy (non-hydrogen) atoms. The van der Waals surface area contributed by atoms with Crippen LogP contribution in [0.2, 0.25) is 0 Å². The van der Waals surface area contributed by atoms with Gasteiger partial charge in [0.15, 0.2) is 0 Å². The van der Waals surface area contributed by atoms with Gasteiger partial charge in [-0.1, -0.05) is 0 Å². The maximum Gasteiger partial charge on any atom is 0.262 e. The van der Waals surface area contributed by atoms with Crippen molar-refractivity contribution in [3.05, 3.63) is 47.3 Å². The van der Waals surface area contributed by atoms with Crippen LogP contribution in [0.5, 0.6) is 0 Å². The Morgan fingerprint density at radius 3 is 2.89 bits per heavy atom. The van der Waals surface area contributed by atoms with Crippen LogP contribution in [0.25, 0.3) is 10.8 Å². The highest BCUT2D eigenvalue weighted by Gasteiger charge is 2.26. The van der Waals surface area contributed by atoms with Gasteiger partial charge in [0, 0.05) is 25.1 Å². The zero-order valence-electron chi connectivity index (χ0n) is 15.1. The van der Waals surface area contributed by atoms with Crippen molar-refractivity contribution < 1.29 is 5.11 Å². The number of hydrogen-bond donors (Lipinski definition) is 3. The average Bonchev–Trinajstić information content (AvgIpc) is 3.07. The molecule has 0 bridgehead atoms. The van der Waals surface area contributed by atoms with Gasteiger partial charge in [0.25, 0.3) is 5.56 Å². The average molecular weight is 366 g/mol. The van der Waals surface area contributed by atoms with Crippen LogP contribution >= 0.6 is 0 Å². The number of aromatic nitrogens is 4. The first kappa shape index (κ1) is 17.4. The molecule has 0 aliphatic heterocycles. The lowest BCUT2D eigenvalue weighted by atomic mass is 10.1. The van der Waals surface area contributed by atoms with Crippen LogP contribution in [0.15, 0.2) is 41.7 Å². The fourth-order valence-corrected chi connectivity index (χ4v) is 3.50. The first-order valence-corrected chi connectivity index (χ1v) is 9.17. The number of anilines is 3. The van der Waals surface area contributed by atoms with Crippen LogP contribution < -0.4 is 16.2 Å². The minimum absolute atomic E-state index is 0.0939. The second-order valence-corrected chi connectivity index (χ2v) is 6.69. The van der Waals surface area contributed by atoms with Crippen molar-refractivity contribution in [2.24, 2.45) is 0 Å². The highest BCUT2D eigenvalue weighted by Crippen LogP contribution is 2.28. The molecule has 3 heterocycles. The fourth-order valence-electron chi connectivity index (χ4n) is 3.50. The molecule has 0 unspecified atom stereocenters. The normalized spacial score (nSPS) is 19.3. The molecule has 1 saturated carbocycles. The van der Waals surface area contributed by atoms with E-state index in [4.69, 9.17) is 0 Å². The first-order valence-electron chi connectivity index (χ1n) is 9.17. The molecule has 1 aliphatic carbocycles. The molecule has 8 nitrogen and oxygen atoms in total. The summed E-state index contributed by atoms with van der Waals surface area (Å²) >= 11 is 0. The Labute approximate surface area is 156 Å². The predicted octanol–water partition coefficient (Wildman–Crippen LogP) is 2.28. The van der Waals surface area contributed by atoms with E-state index in [-0.39, 0.29) is 11.6 Å². The molecule has 0 aromatic carbocycles. The van der Waals surface area contributed by atoms with E-state index in [1.165, 1.54) is 0 Å². The monoisotopic (exact) mass is 366 g/mol. The van der Waals surface area contributed by atoms with Crippen molar-refractivity contribution in [2.45, 2.75) is 44.9 Å². The molecular weight excluding hydrogens is 344 g/mol. The van der Waals surface area contributed by atoms with Gasteiger partial charge in [-0.05, 0) is 43.7 Å². The molecule has 0 spiro atoms. The second-order valence-electron chi connectivity index (χ2n) is 6.69. The van der Waals surface area contributed by atoms with Crippen molar-refractivity contribution in [3.63, 3.8) is 0 Å². The molecule has 8 heteroatoms. The van der Waals surface area contributed by atoms with Crippen molar-refractivity contribution in [1.29, 1.82) is 0 Å². The lowest BCUT2D eigenvalue weighted by molar-refractivity contribution is 0.171. The Kier molecular flexibility index (Phi) is 4.72. The molecule has 1 aliphatic rings. The molecule has 4 rings (SSSR count). The Hall–Kier alpha value is -3.00. The molecular formula is C19H22N6O2. The van der Waals surface area contributed by atoms with Crippen LogP contribution in [-0.2, 0) is 6.54 Å². The van der Waals surface area contributed by atoms with Gasteiger partial charge in [-0.15, -0.1) is 0 Å². The van der Waals surface area contributed by atoms with Crippen molar-refractivity contribution >= 4 is 28.2 Å². The summed E-state index contributed by atoms with van der Waals surface area (Å²) in [5, 5.41) is 17.9. The number of pyridine rings is 2. The van der Waals surface area contributed by atoms with Crippen LogP contribution in [0.3, 0.4) is 0 Å². The molecule has 2 atom stereocenters. The Morgan fingerprint density at radius 2 is 2.19 bits per heavy atom. The minimum atomic E-state index is -0.435. The molecule has 0 amide bonds. The van der Waals surface area contributed by atoms with Crippen molar-refractivity contribution in [3.8, 4) is 0 Å². The lowest BCUT2D eigenvalue weighted by Crippen LogP contribution is -2.30. The van der Waals surface area contributed by atoms with Gasteiger partial charge in [-0.25, -0.2) is 9.97 Å². The van der Waals surface area contributed by atoms with Gasteiger partial charge >= 0.3 is 0 Å². The first-order chi connectivity index (χ1) is 13.2. The van der Waals surface area contributed by atoms with E-state index in [9.17, 15) is 9.90 Å². The van der Waals surface area contributed by atoms with Crippen LogP contribution in [-0.4, -0.2) is 36.8 Å². The number of aliphatic hydroxyl groups is 1. The van der Waals surface area contributed by atoms with Crippen LogP contribution in [0.1, 0.15) is 26.2 Å². The predicted molar refractivity (Wildman–Crippen MR) is 104 cm³/mol. The summed E-state index contributed by atoms with van der Waals surface area (Å²) in [6.45, 7) is 2.51. The molecule has 0 radical (unpaired) electrons. The second kappa shape index (κ2) is 7.32. The Morgan fingerprint density at radius 1 is 1.30 bits per heavy atom. The maximum absolute atomic E-state index is 12.9. The third kappa shape index (κ3) is 3.48. The largest absolute Gasteiger partial charge is 0.391 e. The summed E-state index contributed by atoms with van der Waals surface area (Å²) in [5.41, 5.74) is -0.0939. The summed E-state index contributed by atoms with van der Waals surface area (Å²) in [6.07, 6.45) is 8.70. The minimum Gasteiger partial charge on any atom is -0.391 e. The fraction of sp³-hybridized carbons (Fsp3) is 0.368. The molecule has 0 saturated heterocycles.